The third-order valence-electron chi connectivity index (χ3n) is 9.65. The molecule has 1 N–H and O–H groups in total. The molecule has 4 rings (SSSR count). The van der Waals surface area contributed by atoms with E-state index in [9.17, 15) is 28.8 Å². The molecule has 0 aromatic heterocycles. The van der Waals surface area contributed by atoms with Crippen LogP contribution in [0.2, 0.25) is 0 Å². The Balaban J connectivity index is 0.00000226. The Labute approximate surface area is 313 Å². The van der Waals surface area contributed by atoms with Gasteiger partial charge in [0, 0.05) is 38.1 Å². The van der Waals surface area contributed by atoms with Gasteiger partial charge in [-0.05, 0) is 93.6 Å². The second-order valence-corrected chi connectivity index (χ2v) is 17.2. The second-order valence-electron chi connectivity index (χ2n) is 16.4. The molecule has 282 valence electrons. The molecule has 51 heavy (non-hydrogen) atoms. The average molecular weight is 748 g/mol. The third kappa shape index (κ3) is 12.8. The van der Waals surface area contributed by atoms with Crippen molar-refractivity contribution in [2.24, 2.45) is 29.1 Å². The van der Waals surface area contributed by atoms with Crippen LogP contribution in [0.15, 0.2) is 36.9 Å². The smallest absolute Gasteiger partial charge is 0.408 e. The number of halogens is 2. The molecular formula is C40H56Cl2N2O7. The highest BCUT2D eigenvalue weighted by atomic mass is 35.5. The lowest BCUT2D eigenvalue weighted by molar-refractivity contribution is -0.143. The van der Waals surface area contributed by atoms with E-state index in [1.54, 1.807) is 31.7 Å². The lowest BCUT2D eigenvalue weighted by atomic mass is 9.86. The van der Waals surface area contributed by atoms with E-state index in [1.807, 2.05) is 45.0 Å². The Morgan fingerprint density at radius 3 is 2.16 bits per heavy atom. The number of carbonyl (C=O) groups is 6. The molecule has 5 atom stereocenters. The molecule has 0 spiro atoms. The zero-order chi connectivity index (χ0) is 38.1. The number of hydrogen-bond donors (Lipinski definition) is 1. The van der Waals surface area contributed by atoms with E-state index in [0.29, 0.717) is 45.1 Å². The van der Waals surface area contributed by atoms with Gasteiger partial charge in [0.2, 0.25) is 11.7 Å². The maximum absolute atomic E-state index is 14.4. The maximum Gasteiger partial charge on any atom is 0.408 e. The number of piperidine rings is 1. The maximum atomic E-state index is 14.4. The van der Waals surface area contributed by atoms with Crippen molar-refractivity contribution < 1.29 is 33.5 Å². The van der Waals surface area contributed by atoms with E-state index in [0.717, 1.165) is 17.5 Å². The zero-order valence-corrected chi connectivity index (χ0v) is 32.6. The van der Waals surface area contributed by atoms with Gasteiger partial charge in [0.1, 0.15) is 17.4 Å². The van der Waals surface area contributed by atoms with Crippen LogP contribution in [0.1, 0.15) is 104 Å². The molecule has 0 bridgehead atoms. The van der Waals surface area contributed by atoms with Gasteiger partial charge in [-0.3, -0.25) is 24.0 Å². The Bertz CT molecular complexity index is 1420. The SMILES string of the molecule is C=CCCC(CC(=O)[C@@H]1[C@H]2C[C@H]2CN1C(=O)[C@@H](NC(=O)OC(C)(C)C)C1Cc2ccccc2C1)C(=O)C(=O)CCCC(=O)CC(C)(C)C.ClCCl. The molecule has 1 aromatic rings. The highest BCUT2D eigenvalue weighted by Crippen LogP contribution is 2.51. The molecule has 1 aromatic carbocycles. The molecule has 2 aliphatic carbocycles. The quantitative estimate of drug-likeness (QED) is 0.106. The van der Waals surface area contributed by atoms with Crippen molar-refractivity contribution in [1.82, 2.24) is 10.2 Å². The Morgan fingerprint density at radius 2 is 1.61 bits per heavy atom. The number of carbonyl (C=O) groups excluding carboxylic acids is 6. The van der Waals surface area contributed by atoms with Crippen molar-refractivity contribution in [2.45, 2.75) is 123 Å². The van der Waals surface area contributed by atoms with Crippen molar-refractivity contribution in [2.75, 3.05) is 11.9 Å². The average Bonchev–Trinajstić information content (AvgIpc) is 3.47. The van der Waals surface area contributed by atoms with Crippen LogP contribution < -0.4 is 5.32 Å². The lowest BCUT2D eigenvalue weighted by Crippen LogP contribution is -2.56. The first-order chi connectivity index (χ1) is 23.9. The summed E-state index contributed by atoms with van der Waals surface area (Å²) in [5.74, 6) is -2.45. The molecule has 2 amide bonds. The zero-order valence-electron chi connectivity index (χ0n) is 31.1. The summed E-state index contributed by atoms with van der Waals surface area (Å²) in [6, 6.07) is 6.40. The number of amides is 2. The first kappa shape index (κ1) is 42.4. The van der Waals surface area contributed by atoms with Crippen molar-refractivity contribution in [3.8, 4) is 0 Å². The van der Waals surface area contributed by atoms with Crippen molar-refractivity contribution in [3.05, 3.63) is 48.0 Å². The highest BCUT2D eigenvalue weighted by molar-refractivity contribution is 6.40. The Kier molecular flexibility index (Phi) is 15.5. The van der Waals surface area contributed by atoms with Crippen molar-refractivity contribution >= 4 is 58.3 Å². The lowest BCUT2D eigenvalue weighted by Gasteiger charge is -2.34. The van der Waals surface area contributed by atoms with Gasteiger partial charge in [0.25, 0.3) is 0 Å². The fourth-order valence-corrected chi connectivity index (χ4v) is 7.41. The second kappa shape index (κ2) is 18.6. The van der Waals surface area contributed by atoms with Gasteiger partial charge < -0.3 is 15.0 Å². The normalized spacial score (nSPS) is 20.5. The van der Waals surface area contributed by atoms with E-state index >= 15 is 0 Å². The number of alkyl carbamates (subject to hydrolysis) is 1. The number of ether oxygens (including phenoxy) is 1. The number of likely N-dealkylation sites (tertiary alicyclic amines) is 1. The number of benzene rings is 1. The summed E-state index contributed by atoms with van der Waals surface area (Å²) in [6.07, 6.45) is 4.57. The largest absolute Gasteiger partial charge is 0.444 e. The van der Waals surface area contributed by atoms with Crippen LogP contribution in [-0.2, 0) is 41.6 Å². The summed E-state index contributed by atoms with van der Waals surface area (Å²) in [5.41, 5.74) is 1.37. The van der Waals surface area contributed by atoms with Gasteiger partial charge in [-0.1, -0.05) is 51.1 Å². The molecule has 11 heteroatoms. The minimum atomic E-state index is -0.888. The van der Waals surface area contributed by atoms with E-state index < -0.39 is 41.3 Å². The molecule has 1 unspecified atom stereocenters. The van der Waals surface area contributed by atoms with Gasteiger partial charge in [0.05, 0.1) is 11.4 Å². The van der Waals surface area contributed by atoms with E-state index in [4.69, 9.17) is 27.9 Å². The number of ketones is 4. The molecule has 3 aliphatic rings. The Morgan fingerprint density at radius 1 is 1.00 bits per heavy atom. The van der Waals surface area contributed by atoms with Gasteiger partial charge >= 0.3 is 6.09 Å². The highest BCUT2D eigenvalue weighted by Gasteiger charge is 2.58. The van der Waals surface area contributed by atoms with Gasteiger partial charge in [-0.25, -0.2) is 4.79 Å². The van der Waals surface area contributed by atoms with Crippen LogP contribution in [0, 0.1) is 29.1 Å². The molecule has 9 nitrogen and oxygen atoms in total. The molecule has 2 fully saturated rings. The van der Waals surface area contributed by atoms with Crippen LogP contribution in [0.4, 0.5) is 4.79 Å². The number of nitrogens with one attached hydrogen (secondary N) is 1. The molecule has 1 aliphatic heterocycles. The van der Waals surface area contributed by atoms with E-state index in [1.165, 1.54) is 0 Å². The fraction of sp³-hybridized carbons (Fsp3) is 0.650. The molecule has 0 radical (unpaired) electrons. The van der Waals surface area contributed by atoms with Crippen LogP contribution in [0.25, 0.3) is 0 Å². The predicted octanol–water partition coefficient (Wildman–Crippen LogP) is 7.42. The number of rotatable bonds is 16. The first-order valence-electron chi connectivity index (χ1n) is 18.1. The summed E-state index contributed by atoms with van der Waals surface area (Å²) >= 11 is 9.53. The third-order valence-corrected chi connectivity index (χ3v) is 9.65. The summed E-state index contributed by atoms with van der Waals surface area (Å²) in [5, 5.41) is 3.05. The number of nitrogens with zero attached hydrogens (tertiary/aromatic N) is 1. The van der Waals surface area contributed by atoms with Crippen LogP contribution >= 0.6 is 23.2 Å². The van der Waals surface area contributed by atoms with E-state index in [-0.39, 0.29) is 65.2 Å². The van der Waals surface area contributed by atoms with Crippen LogP contribution in [0.3, 0.4) is 0 Å². The number of fused-ring (bicyclic) bond motifs is 2. The number of alkyl halides is 2. The Hall–Kier alpha value is -3.04. The molecular weight excluding hydrogens is 691 g/mol. The summed E-state index contributed by atoms with van der Waals surface area (Å²) < 4.78 is 5.54. The van der Waals surface area contributed by atoms with Crippen molar-refractivity contribution in [1.29, 1.82) is 0 Å². The monoisotopic (exact) mass is 746 g/mol. The van der Waals surface area contributed by atoms with Crippen LogP contribution in [0.5, 0.6) is 0 Å². The summed E-state index contributed by atoms with van der Waals surface area (Å²) in [6.45, 7) is 15.4. The van der Waals surface area contributed by atoms with E-state index in [2.05, 4.69) is 11.9 Å². The summed E-state index contributed by atoms with van der Waals surface area (Å²) in [4.78, 5) is 81.7. The van der Waals surface area contributed by atoms with Gasteiger partial charge in [-0.15, -0.1) is 29.8 Å². The molecule has 1 saturated heterocycles. The van der Waals surface area contributed by atoms with Crippen LogP contribution in [-0.4, -0.2) is 69.6 Å². The van der Waals surface area contributed by atoms with Crippen molar-refractivity contribution in [3.63, 3.8) is 0 Å². The number of Topliss-reactive ketones (excluding diaryl/α,β-unsaturated/α-hetero) is 4. The predicted molar refractivity (Wildman–Crippen MR) is 200 cm³/mol. The molecule has 1 saturated carbocycles. The minimum absolute atomic E-state index is 0.00379. The minimum Gasteiger partial charge on any atom is -0.444 e. The standard InChI is InChI=1S/C39H54N2O7.CH2Cl2/c1-8-9-13-26(35(45)31(43)17-12-16-29(42)22-38(2,3)4)21-32(44)34-30-20-28(30)23-41(34)36(46)33(40-37(47)48-39(5,6)7)27-18-24-14-10-11-15-25(24)19-27;2-1-3/h8,10-11,14-15,26-28,30,33-34H,1,9,12-13,16-23H2,2-7H3,(H,40,47);1H2/t26?,28-,30-,33-,34-;/m0./s1. The number of hydrogen-bond acceptors (Lipinski definition) is 7. The fourth-order valence-electron chi connectivity index (χ4n) is 7.41. The topological polar surface area (TPSA) is 127 Å². The molecule has 1 heterocycles. The van der Waals surface area contributed by atoms with Gasteiger partial charge in [-0.2, -0.15) is 0 Å². The van der Waals surface area contributed by atoms with Gasteiger partial charge in [0.15, 0.2) is 11.6 Å². The first-order valence-corrected chi connectivity index (χ1v) is 19.2. The summed E-state index contributed by atoms with van der Waals surface area (Å²) in [7, 11) is 0. The number of allylic oxidation sites excluding steroid dienone is 1.